The van der Waals surface area contributed by atoms with Gasteiger partial charge in [0, 0.05) is 128 Å². The lowest BCUT2D eigenvalue weighted by Crippen LogP contribution is -2.34. The molecule has 8 aromatic carbocycles. The number of piperidine rings is 1. The number of fused-ring (bicyclic) bond motifs is 8. The van der Waals surface area contributed by atoms with Crippen molar-refractivity contribution in [2.24, 2.45) is 5.92 Å². The van der Waals surface area contributed by atoms with Crippen molar-refractivity contribution in [3.63, 3.8) is 0 Å². The van der Waals surface area contributed by atoms with E-state index < -0.39 is 15.7 Å². The molecule has 1 fully saturated rings. The van der Waals surface area contributed by atoms with Gasteiger partial charge in [0.1, 0.15) is 74.0 Å². The van der Waals surface area contributed by atoms with Crippen molar-refractivity contribution in [2.75, 3.05) is 19.3 Å². The van der Waals surface area contributed by atoms with Gasteiger partial charge in [-0.25, -0.2) is 0 Å². The average Bonchev–Trinajstić information content (AvgIpc) is 1.44. The zero-order valence-electron chi connectivity index (χ0n) is 65.3. The molecule has 0 bridgehead atoms. The molecule has 0 amide bonds. The molecule has 1 aliphatic rings. The van der Waals surface area contributed by atoms with Gasteiger partial charge in [0.2, 0.25) is 0 Å². The topological polar surface area (TPSA) is 265 Å². The maximum absolute atomic E-state index is 12.3. The first-order chi connectivity index (χ1) is 54.9. The second-order valence-electron chi connectivity index (χ2n) is 30.4. The highest BCUT2D eigenvalue weighted by Gasteiger charge is 2.27. The molecule has 16 aromatic rings. The van der Waals surface area contributed by atoms with Crippen LogP contribution in [0.5, 0.6) is 23.0 Å². The Hall–Kier alpha value is -12.0. The van der Waals surface area contributed by atoms with Gasteiger partial charge in [0.25, 0.3) is 10.1 Å². The SMILES string of the molecule is CC(C)Oc1cc(CN2CCC(CC(=O)OC(C)(C)C)CC2)cc2c(-c3cc4ccccc4o3)cncc12.CC(C)Oc1cc(CO)cc2c(-c3cc4ccccc4o3)cncc12.CC(C)Oc1cc(COS(C)(=O)=O)cc2c(-c3cc4ccccc4o3)cncc12.OCc1cc(O)c2cncc(-c3cc4ccccc4o3)c2c1. The monoisotopic (exact) mass is 1550 g/mol. The number of pyridine rings is 4. The van der Waals surface area contributed by atoms with Crippen LogP contribution < -0.4 is 14.2 Å². The van der Waals surface area contributed by atoms with E-state index >= 15 is 0 Å². The number of aromatic nitrogens is 4. The number of para-hydroxylation sites is 4. The normalized spacial score (nSPS) is 12.9. The number of carbonyl (C=O) groups excluding carboxylic acids is 1. The number of benzene rings is 8. The van der Waals surface area contributed by atoms with Crippen molar-refractivity contribution in [1.82, 2.24) is 24.8 Å². The van der Waals surface area contributed by atoms with Crippen molar-refractivity contribution < 1.29 is 69.3 Å². The standard InChI is InChI=1S/C32H38N2O4.C22H21NO5S.C21H19NO3.C18H13NO3/c1-21(2)36-29-15-23(20-34-12-10-22(11-13-34)16-31(35)38-32(3,4)5)14-25-26(29)18-33-19-27(25)30-17-24-8-6-7-9-28(24)37-30;1-14(2)27-21-9-15(13-26-29(3,24)25)8-17-18(21)11-23-12-19(17)22-10-16-6-4-5-7-20(16)28-22;1-13(2)24-20-8-14(12-23)7-16-17(20)10-22-11-18(16)21-9-15-5-3-4-6-19(15)25-21;20-10-11-5-13-14(16(21)6-11)8-19-9-15(13)18-7-12-3-1-2-4-17(12)22-18/h6-9,14-15,17-19,21-22H,10-13,16,20H2,1-5H3;4-12,14H,13H2,1-3H3;3-11,13,23H,12H2,1-2H3;1-9,20-21H,10H2. The number of aliphatic hydroxyl groups is 2. The number of phenolic OH excluding ortho intramolecular Hbond substituents is 1. The van der Waals surface area contributed by atoms with Crippen LogP contribution in [0.1, 0.15) is 104 Å². The van der Waals surface area contributed by atoms with Crippen LogP contribution in [-0.2, 0) is 50.2 Å². The van der Waals surface area contributed by atoms with Crippen molar-refractivity contribution in [2.45, 2.75) is 132 Å². The zero-order valence-corrected chi connectivity index (χ0v) is 66.2. The summed E-state index contributed by atoms with van der Waals surface area (Å²) < 4.78 is 75.7. The number of carbonyl (C=O) groups is 1. The summed E-state index contributed by atoms with van der Waals surface area (Å²) in [6.07, 6.45) is 17.7. The van der Waals surface area contributed by atoms with E-state index in [9.17, 15) is 28.5 Å². The largest absolute Gasteiger partial charge is 0.507 e. The summed E-state index contributed by atoms with van der Waals surface area (Å²) in [7, 11) is -3.56. The Morgan fingerprint density at radius 1 is 0.456 bits per heavy atom. The van der Waals surface area contributed by atoms with Crippen LogP contribution in [-0.4, -0.2) is 97.8 Å². The van der Waals surface area contributed by atoms with Crippen LogP contribution in [0.2, 0.25) is 0 Å². The minimum Gasteiger partial charge on any atom is -0.507 e. The van der Waals surface area contributed by atoms with E-state index in [2.05, 4.69) is 49.1 Å². The molecule has 8 aromatic heterocycles. The van der Waals surface area contributed by atoms with Gasteiger partial charge in [-0.15, -0.1) is 0 Å². The van der Waals surface area contributed by atoms with Crippen molar-refractivity contribution in [3.8, 4) is 68.3 Å². The highest BCUT2D eigenvalue weighted by Crippen LogP contribution is 2.43. The molecule has 114 heavy (non-hydrogen) atoms. The molecule has 0 spiro atoms. The molecule has 21 heteroatoms. The minimum absolute atomic E-state index is 0.0343. The number of likely N-dealkylation sites (tertiary alicyclic amines) is 1. The van der Waals surface area contributed by atoms with Gasteiger partial charge < -0.3 is 51.9 Å². The number of aliphatic hydroxyl groups excluding tert-OH is 2. The summed E-state index contributed by atoms with van der Waals surface area (Å²) in [6.45, 7) is 20.2. The maximum atomic E-state index is 12.3. The molecule has 3 N–H and O–H groups in total. The summed E-state index contributed by atoms with van der Waals surface area (Å²) in [6, 6.07) is 54.8. The van der Waals surface area contributed by atoms with Gasteiger partial charge in [-0.1, -0.05) is 72.8 Å². The van der Waals surface area contributed by atoms with Gasteiger partial charge in [-0.05, 0) is 235 Å². The number of furan rings is 4. The summed E-state index contributed by atoms with van der Waals surface area (Å²) in [5.41, 5.74) is 9.63. The number of phenols is 1. The van der Waals surface area contributed by atoms with E-state index in [4.69, 9.17) is 40.8 Å². The number of aromatic hydroxyl groups is 1. The number of nitrogens with zero attached hydrogens (tertiary/aromatic N) is 5. The van der Waals surface area contributed by atoms with Crippen LogP contribution >= 0.6 is 0 Å². The lowest BCUT2D eigenvalue weighted by Gasteiger charge is -2.32. The summed E-state index contributed by atoms with van der Waals surface area (Å²) in [5, 5.41) is 40.3. The average molecular weight is 1550 g/mol. The number of ether oxygens (including phenoxy) is 4. The first kappa shape index (κ1) is 78.7. The summed E-state index contributed by atoms with van der Waals surface area (Å²) in [5.74, 6) is 5.51. The molecule has 1 saturated heterocycles. The Morgan fingerprint density at radius 2 is 0.789 bits per heavy atom. The fraction of sp³-hybridized carbons (Fsp3) is 0.258. The molecular weight excluding hydrogens is 1460 g/mol. The van der Waals surface area contributed by atoms with Crippen LogP contribution in [0.15, 0.2) is 237 Å². The van der Waals surface area contributed by atoms with E-state index in [-0.39, 0.29) is 49.9 Å². The Kier molecular flexibility index (Phi) is 23.6. The molecule has 20 nitrogen and oxygen atoms in total. The molecule has 584 valence electrons. The molecule has 0 atom stereocenters. The van der Waals surface area contributed by atoms with Crippen molar-refractivity contribution in [1.29, 1.82) is 0 Å². The molecule has 0 saturated carbocycles. The predicted octanol–water partition coefficient (Wildman–Crippen LogP) is 21.1. The maximum Gasteiger partial charge on any atom is 0.306 e. The third-order valence-electron chi connectivity index (χ3n) is 19.3. The van der Waals surface area contributed by atoms with Gasteiger partial charge >= 0.3 is 5.97 Å². The Bertz CT molecular complexity index is 6130. The zero-order chi connectivity index (χ0) is 80.0. The number of esters is 1. The van der Waals surface area contributed by atoms with Gasteiger partial charge in [0.15, 0.2) is 0 Å². The van der Waals surface area contributed by atoms with Gasteiger partial charge in [-0.2, -0.15) is 8.42 Å². The predicted molar refractivity (Wildman–Crippen MR) is 447 cm³/mol. The van der Waals surface area contributed by atoms with E-state index in [1.807, 2.05) is 208 Å². The second kappa shape index (κ2) is 34.2. The first-order valence-electron chi connectivity index (χ1n) is 38.1. The minimum atomic E-state index is -3.56. The smallest absolute Gasteiger partial charge is 0.306 e. The Morgan fingerprint density at radius 3 is 1.15 bits per heavy atom. The number of rotatable bonds is 19. The molecule has 17 rings (SSSR count). The van der Waals surface area contributed by atoms with Gasteiger partial charge in [0.05, 0.1) is 44.4 Å². The second-order valence-corrected chi connectivity index (χ2v) is 32.1. The van der Waals surface area contributed by atoms with E-state index in [0.29, 0.717) is 46.1 Å². The molecule has 1 aliphatic heterocycles. The van der Waals surface area contributed by atoms with E-state index in [1.165, 1.54) is 5.56 Å². The fourth-order valence-corrected chi connectivity index (χ4v) is 14.6. The van der Waals surface area contributed by atoms with E-state index in [0.717, 1.165) is 171 Å². The van der Waals surface area contributed by atoms with Crippen LogP contribution in [0.3, 0.4) is 0 Å². The molecule has 0 unspecified atom stereocenters. The quantitative estimate of drug-likeness (QED) is 0.0501. The van der Waals surface area contributed by atoms with Crippen molar-refractivity contribution >= 4 is 103 Å². The lowest BCUT2D eigenvalue weighted by atomic mass is 9.93. The third kappa shape index (κ3) is 18.7. The first-order valence-corrected chi connectivity index (χ1v) is 40.0. The molecule has 0 radical (unpaired) electrons. The van der Waals surface area contributed by atoms with Crippen molar-refractivity contribution in [3.05, 3.63) is 242 Å². The third-order valence-corrected chi connectivity index (χ3v) is 19.8. The number of hydrogen-bond acceptors (Lipinski definition) is 20. The van der Waals surface area contributed by atoms with Crippen LogP contribution in [0.4, 0.5) is 0 Å². The fourth-order valence-electron chi connectivity index (χ4n) is 14.3. The molecule has 9 heterocycles. The number of hydrogen-bond donors (Lipinski definition) is 3. The molecule has 0 aliphatic carbocycles. The highest BCUT2D eigenvalue weighted by atomic mass is 32.2. The van der Waals surface area contributed by atoms with E-state index in [1.54, 1.807) is 49.3 Å². The summed E-state index contributed by atoms with van der Waals surface area (Å²) >= 11 is 0. The lowest BCUT2D eigenvalue weighted by molar-refractivity contribution is -0.156. The highest BCUT2D eigenvalue weighted by molar-refractivity contribution is 7.85. The van der Waals surface area contributed by atoms with Gasteiger partial charge in [-0.3, -0.25) is 33.8 Å². The molecular formula is C93H91N5O15S. The Balaban J connectivity index is 0.000000128. The summed E-state index contributed by atoms with van der Waals surface area (Å²) in [4.78, 5) is 32.2. The Labute approximate surface area is 660 Å². The van der Waals surface area contributed by atoms with Crippen LogP contribution in [0, 0.1) is 5.92 Å². The van der Waals surface area contributed by atoms with Crippen LogP contribution in [0.25, 0.3) is 132 Å².